The van der Waals surface area contributed by atoms with Crippen LogP contribution in [0.5, 0.6) is 0 Å². The first-order valence-corrected chi connectivity index (χ1v) is 6.18. The zero-order valence-electron chi connectivity index (χ0n) is 10.4. The van der Waals surface area contributed by atoms with Gasteiger partial charge >= 0.3 is 0 Å². The number of hydrogen-bond donors (Lipinski definition) is 1. The van der Waals surface area contributed by atoms with Crippen LogP contribution in [-0.4, -0.2) is 30.0 Å². The maximum atomic E-state index is 12.4. The number of carbonyl (C=O) groups is 1. The van der Waals surface area contributed by atoms with Crippen LogP contribution < -0.4 is 10.2 Å². The predicted molar refractivity (Wildman–Crippen MR) is 67.8 cm³/mol. The van der Waals surface area contributed by atoms with Crippen molar-refractivity contribution in [3.63, 3.8) is 0 Å². The van der Waals surface area contributed by atoms with Crippen molar-refractivity contribution in [2.45, 2.75) is 26.3 Å². The Morgan fingerprint density at radius 3 is 2.76 bits per heavy atom. The van der Waals surface area contributed by atoms with E-state index >= 15 is 0 Å². The summed E-state index contributed by atoms with van der Waals surface area (Å²) in [6, 6.07) is 3.71. The van der Waals surface area contributed by atoms with Crippen molar-refractivity contribution < 1.29 is 4.79 Å². The van der Waals surface area contributed by atoms with Gasteiger partial charge in [-0.3, -0.25) is 9.78 Å². The maximum absolute atomic E-state index is 12.4. The highest BCUT2D eigenvalue weighted by molar-refractivity contribution is 5.97. The molecule has 2 atom stereocenters. The van der Waals surface area contributed by atoms with Crippen molar-refractivity contribution in [2.24, 2.45) is 5.92 Å². The topological polar surface area (TPSA) is 45.2 Å². The molecule has 1 fully saturated rings. The third-order valence-corrected chi connectivity index (χ3v) is 3.36. The number of amides is 1. The molecule has 2 heterocycles. The standard InChI is InChI=1S/C13H19N3O/c1-3-16(11-5-7-14-8-6-11)13(17)12-10(2)4-9-15-12/h5-8,10,12,15H,3-4,9H2,1-2H3. The lowest BCUT2D eigenvalue weighted by atomic mass is 10.0. The van der Waals surface area contributed by atoms with Crippen LogP contribution in [0.15, 0.2) is 24.5 Å². The van der Waals surface area contributed by atoms with Crippen molar-refractivity contribution in [1.82, 2.24) is 10.3 Å². The Kier molecular flexibility index (Phi) is 3.74. The van der Waals surface area contributed by atoms with Gasteiger partial charge in [0.2, 0.25) is 5.91 Å². The van der Waals surface area contributed by atoms with E-state index < -0.39 is 0 Å². The molecule has 0 radical (unpaired) electrons. The van der Waals surface area contributed by atoms with Crippen molar-refractivity contribution in [1.29, 1.82) is 0 Å². The highest BCUT2D eigenvalue weighted by atomic mass is 16.2. The second-order valence-electron chi connectivity index (χ2n) is 4.49. The molecule has 1 aliphatic heterocycles. The Morgan fingerprint density at radius 1 is 1.53 bits per heavy atom. The monoisotopic (exact) mass is 233 g/mol. The minimum absolute atomic E-state index is 0.0388. The van der Waals surface area contributed by atoms with Crippen LogP contribution in [0, 0.1) is 5.92 Å². The number of nitrogens with zero attached hydrogens (tertiary/aromatic N) is 2. The summed E-state index contributed by atoms with van der Waals surface area (Å²) >= 11 is 0. The lowest BCUT2D eigenvalue weighted by Gasteiger charge is -2.26. The van der Waals surface area contributed by atoms with E-state index in [4.69, 9.17) is 0 Å². The molecule has 1 aromatic rings. The number of rotatable bonds is 3. The number of aromatic nitrogens is 1. The molecular formula is C13H19N3O. The second kappa shape index (κ2) is 5.27. The van der Waals surface area contributed by atoms with Gasteiger partial charge in [0.15, 0.2) is 0 Å². The quantitative estimate of drug-likeness (QED) is 0.859. The lowest BCUT2D eigenvalue weighted by molar-refractivity contribution is -0.121. The van der Waals surface area contributed by atoms with Gasteiger partial charge in [-0.1, -0.05) is 6.92 Å². The molecule has 1 amide bonds. The van der Waals surface area contributed by atoms with Crippen molar-refractivity contribution in [2.75, 3.05) is 18.0 Å². The van der Waals surface area contributed by atoms with E-state index in [1.54, 1.807) is 12.4 Å². The molecule has 2 unspecified atom stereocenters. The van der Waals surface area contributed by atoms with Crippen LogP contribution in [0.3, 0.4) is 0 Å². The van der Waals surface area contributed by atoms with E-state index in [-0.39, 0.29) is 11.9 Å². The van der Waals surface area contributed by atoms with Crippen LogP contribution in [0.25, 0.3) is 0 Å². The fourth-order valence-electron chi connectivity index (χ4n) is 2.32. The first kappa shape index (κ1) is 12.0. The summed E-state index contributed by atoms with van der Waals surface area (Å²) in [5.74, 6) is 0.585. The molecule has 0 saturated carbocycles. The molecule has 1 aromatic heterocycles. The van der Waals surface area contributed by atoms with Crippen LogP contribution in [0.4, 0.5) is 5.69 Å². The Hall–Kier alpha value is -1.42. The molecule has 1 N–H and O–H groups in total. The zero-order valence-corrected chi connectivity index (χ0v) is 10.4. The summed E-state index contributed by atoms with van der Waals surface area (Å²) in [5, 5.41) is 3.28. The first-order valence-electron chi connectivity index (χ1n) is 6.18. The van der Waals surface area contributed by atoms with Gasteiger partial charge in [-0.05, 0) is 37.9 Å². The molecule has 92 valence electrons. The van der Waals surface area contributed by atoms with E-state index in [9.17, 15) is 4.79 Å². The molecule has 0 spiro atoms. The smallest absolute Gasteiger partial charge is 0.244 e. The second-order valence-corrected chi connectivity index (χ2v) is 4.49. The molecule has 2 rings (SSSR count). The van der Waals surface area contributed by atoms with Crippen LogP contribution >= 0.6 is 0 Å². The van der Waals surface area contributed by atoms with E-state index in [0.717, 1.165) is 18.7 Å². The number of nitrogens with one attached hydrogen (secondary N) is 1. The van der Waals surface area contributed by atoms with E-state index in [2.05, 4.69) is 17.2 Å². The summed E-state index contributed by atoms with van der Waals surface area (Å²) in [6.07, 6.45) is 4.51. The summed E-state index contributed by atoms with van der Waals surface area (Å²) in [7, 11) is 0. The van der Waals surface area contributed by atoms with E-state index in [1.807, 2.05) is 24.0 Å². The Bertz CT molecular complexity index is 380. The minimum Gasteiger partial charge on any atom is -0.311 e. The summed E-state index contributed by atoms with van der Waals surface area (Å²) < 4.78 is 0. The summed E-state index contributed by atoms with van der Waals surface area (Å²) in [6.45, 7) is 5.75. The summed E-state index contributed by atoms with van der Waals surface area (Å²) in [5.41, 5.74) is 0.924. The van der Waals surface area contributed by atoms with E-state index in [0.29, 0.717) is 12.5 Å². The van der Waals surface area contributed by atoms with Gasteiger partial charge in [0.25, 0.3) is 0 Å². The normalized spacial score (nSPS) is 23.6. The van der Waals surface area contributed by atoms with E-state index in [1.165, 1.54) is 0 Å². The Balaban J connectivity index is 2.16. The van der Waals surface area contributed by atoms with Crippen LogP contribution in [0.1, 0.15) is 20.3 Å². The number of anilines is 1. The molecule has 1 aliphatic rings. The number of carbonyl (C=O) groups excluding carboxylic acids is 1. The van der Waals surface area contributed by atoms with Crippen molar-refractivity contribution >= 4 is 11.6 Å². The number of pyridine rings is 1. The molecule has 0 aromatic carbocycles. The molecule has 4 heteroatoms. The third kappa shape index (κ3) is 2.47. The average molecular weight is 233 g/mol. The maximum Gasteiger partial charge on any atom is 0.244 e. The highest BCUT2D eigenvalue weighted by Crippen LogP contribution is 2.20. The van der Waals surface area contributed by atoms with Gasteiger partial charge in [0, 0.05) is 24.6 Å². The Labute approximate surface area is 102 Å². The highest BCUT2D eigenvalue weighted by Gasteiger charge is 2.32. The number of hydrogen-bond acceptors (Lipinski definition) is 3. The first-order chi connectivity index (χ1) is 8.24. The van der Waals surface area contributed by atoms with Crippen LogP contribution in [0.2, 0.25) is 0 Å². The van der Waals surface area contributed by atoms with Gasteiger partial charge < -0.3 is 10.2 Å². The largest absolute Gasteiger partial charge is 0.311 e. The lowest BCUT2D eigenvalue weighted by Crippen LogP contribution is -2.46. The van der Waals surface area contributed by atoms with Crippen molar-refractivity contribution in [3.8, 4) is 0 Å². The fourth-order valence-corrected chi connectivity index (χ4v) is 2.32. The van der Waals surface area contributed by atoms with Gasteiger partial charge in [-0.2, -0.15) is 0 Å². The summed E-state index contributed by atoms with van der Waals surface area (Å²) in [4.78, 5) is 18.2. The van der Waals surface area contributed by atoms with Gasteiger partial charge in [-0.15, -0.1) is 0 Å². The minimum atomic E-state index is -0.0388. The molecule has 17 heavy (non-hydrogen) atoms. The molecule has 4 nitrogen and oxygen atoms in total. The Morgan fingerprint density at radius 2 is 2.24 bits per heavy atom. The predicted octanol–water partition coefficient (Wildman–Crippen LogP) is 1.43. The van der Waals surface area contributed by atoms with Gasteiger partial charge in [0.05, 0.1) is 6.04 Å². The van der Waals surface area contributed by atoms with Crippen molar-refractivity contribution in [3.05, 3.63) is 24.5 Å². The van der Waals surface area contributed by atoms with Gasteiger partial charge in [0.1, 0.15) is 0 Å². The van der Waals surface area contributed by atoms with Crippen LogP contribution in [-0.2, 0) is 4.79 Å². The fraction of sp³-hybridized carbons (Fsp3) is 0.538. The molecular weight excluding hydrogens is 214 g/mol. The average Bonchev–Trinajstić information content (AvgIpc) is 2.77. The van der Waals surface area contributed by atoms with Gasteiger partial charge in [-0.25, -0.2) is 0 Å². The zero-order chi connectivity index (χ0) is 12.3. The molecule has 1 saturated heterocycles. The molecule has 0 bridgehead atoms. The SMILES string of the molecule is CCN(C(=O)C1NCCC1C)c1ccncc1. The third-order valence-electron chi connectivity index (χ3n) is 3.36. The molecule has 0 aliphatic carbocycles. The number of likely N-dealkylation sites (N-methyl/N-ethyl adjacent to an activating group) is 1.